The molecule has 0 aliphatic carbocycles. The van der Waals surface area contributed by atoms with Crippen LogP contribution in [0.5, 0.6) is 0 Å². The summed E-state index contributed by atoms with van der Waals surface area (Å²) < 4.78 is 5.11. The SMILES string of the molecule is Cc1cc(C2CCCN2C(=O)c2cccs2)no1. The minimum absolute atomic E-state index is 0.0667. The predicted octanol–water partition coefficient (Wildman–Crippen LogP) is 3.02. The third-order valence-corrected chi connectivity index (χ3v) is 4.09. The molecule has 2 aromatic rings. The van der Waals surface area contributed by atoms with Crippen LogP contribution in [-0.2, 0) is 0 Å². The second kappa shape index (κ2) is 4.57. The molecule has 1 aliphatic heterocycles. The number of likely N-dealkylation sites (tertiary alicyclic amines) is 1. The summed E-state index contributed by atoms with van der Waals surface area (Å²) in [4.78, 5) is 15.1. The maximum Gasteiger partial charge on any atom is 0.264 e. The standard InChI is InChI=1S/C13H14N2O2S/c1-9-8-10(14-17-9)11-4-2-6-15(11)13(16)12-5-3-7-18-12/h3,5,7-8,11H,2,4,6H2,1H3. The lowest BCUT2D eigenvalue weighted by Gasteiger charge is -2.22. The van der Waals surface area contributed by atoms with E-state index >= 15 is 0 Å². The maximum absolute atomic E-state index is 12.4. The van der Waals surface area contributed by atoms with Crippen molar-refractivity contribution in [1.82, 2.24) is 10.1 Å². The molecule has 18 heavy (non-hydrogen) atoms. The number of hydrogen-bond acceptors (Lipinski definition) is 4. The first-order valence-corrected chi connectivity index (χ1v) is 6.91. The number of aromatic nitrogens is 1. The minimum atomic E-state index is 0.0667. The quantitative estimate of drug-likeness (QED) is 0.835. The maximum atomic E-state index is 12.4. The molecule has 1 saturated heterocycles. The molecule has 1 amide bonds. The van der Waals surface area contributed by atoms with E-state index in [1.165, 1.54) is 11.3 Å². The predicted molar refractivity (Wildman–Crippen MR) is 68.6 cm³/mol. The van der Waals surface area contributed by atoms with Crippen LogP contribution in [0, 0.1) is 6.92 Å². The lowest BCUT2D eigenvalue weighted by atomic mass is 10.1. The molecule has 1 unspecified atom stereocenters. The summed E-state index contributed by atoms with van der Waals surface area (Å²) in [6.45, 7) is 2.67. The topological polar surface area (TPSA) is 46.3 Å². The van der Waals surface area contributed by atoms with E-state index in [4.69, 9.17) is 4.52 Å². The van der Waals surface area contributed by atoms with Gasteiger partial charge >= 0.3 is 0 Å². The first kappa shape index (κ1) is 11.5. The Kier molecular flexibility index (Phi) is 2.91. The normalized spacial score (nSPS) is 19.4. The first-order chi connectivity index (χ1) is 8.75. The van der Waals surface area contributed by atoms with Gasteiger partial charge in [0.25, 0.3) is 5.91 Å². The van der Waals surface area contributed by atoms with Crippen LogP contribution in [-0.4, -0.2) is 22.5 Å². The van der Waals surface area contributed by atoms with E-state index in [0.717, 1.165) is 35.7 Å². The highest BCUT2D eigenvalue weighted by molar-refractivity contribution is 7.12. The summed E-state index contributed by atoms with van der Waals surface area (Å²) in [5.41, 5.74) is 0.870. The highest BCUT2D eigenvalue weighted by Crippen LogP contribution is 2.33. The van der Waals surface area contributed by atoms with Gasteiger partial charge in [-0.1, -0.05) is 11.2 Å². The largest absolute Gasteiger partial charge is 0.361 e. The van der Waals surface area contributed by atoms with Gasteiger partial charge in [-0.05, 0) is 31.2 Å². The van der Waals surface area contributed by atoms with Crippen LogP contribution in [0.1, 0.15) is 40.0 Å². The van der Waals surface area contributed by atoms with Crippen molar-refractivity contribution in [2.45, 2.75) is 25.8 Å². The van der Waals surface area contributed by atoms with Gasteiger partial charge in [-0.2, -0.15) is 0 Å². The van der Waals surface area contributed by atoms with Gasteiger partial charge in [0.05, 0.1) is 10.9 Å². The third-order valence-electron chi connectivity index (χ3n) is 3.23. The van der Waals surface area contributed by atoms with Gasteiger partial charge in [-0.25, -0.2) is 0 Å². The molecule has 4 nitrogen and oxygen atoms in total. The fraction of sp³-hybridized carbons (Fsp3) is 0.385. The van der Waals surface area contributed by atoms with Crippen molar-refractivity contribution in [2.24, 2.45) is 0 Å². The number of nitrogens with zero attached hydrogens (tertiary/aromatic N) is 2. The molecule has 94 valence electrons. The number of aryl methyl sites for hydroxylation is 1. The molecular formula is C13H14N2O2S. The van der Waals surface area contributed by atoms with Crippen molar-refractivity contribution in [1.29, 1.82) is 0 Å². The van der Waals surface area contributed by atoms with E-state index in [0.29, 0.717) is 0 Å². The average Bonchev–Trinajstić information content (AvgIpc) is 3.09. The van der Waals surface area contributed by atoms with Gasteiger partial charge in [0, 0.05) is 12.6 Å². The fourth-order valence-electron chi connectivity index (χ4n) is 2.40. The summed E-state index contributed by atoms with van der Waals surface area (Å²) in [5, 5.41) is 5.98. The molecule has 1 atom stereocenters. The Morgan fingerprint density at radius 3 is 3.17 bits per heavy atom. The van der Waals surface area contributed by atoms with Crippen molar-refractivity contribution in [2.75, 3.05) is 6.54 Å². The van der Waals surface area contributed by atoms with E-state index in [9.17, 15) is 4.79 Å². The van der Waals surface area contributed by atoms with Crippen LogP contribution in [0.25, 0.3) is 0 Å². The molecule has 0 aromatic carbocycles. The molecule has 0 saturated carbocycles. The molecular weight excluding hydrogens is 248 g/mol. The zero-order chi connectivity index (χ0) is 12.5. The molecule has 1 aliphatic rings. The Morgan fingerprint density at radius 2 is 2.50 bits per heavy atom. The van der Waals surface area contributed by atoms with Crippen molar-refractivity contribution < 1.29 is 9.32 Å². The Labute approximate surface area is 109 Å². The van der Waals surface area contributed by atoms with Crippen LogP contribution in [0.15, 0.2) is 28.1 Å². The minimum Gasteiger partial charge on any atom is -0.361 e. The number of carbonyl (C=O) groups is 1. The Morgan fingerprint density at radius 1 is 1.61 bits per heavy atom. The zero-order valence-electron chi connectivity index (χ0n) is 10.1. The third kappa shape index (κ3) is 1.95. The van der Waals surface area contributed by atoms with Gasteiger partial charge in [0.15, 0.2) is 0 Å². The summed E-state index contributed by atoms with van der Waals surface area (Å²) in [7, 11) is 0. The van der Waals surface area contributed by atoms with E-state index < -0.39 is 0 Å². The van der Waals surface area contributed by atoms with Crippen LogP contribution in [0.4, 0.5) is 0 Å². The Balaban J connectivity index is 1.85. The molecule has 0 radical (unpaired) electrons. The monoisotopic (exact) mass is 262 g/mol. The first-order valence-electron chi connectivity index (χ1n) is 6.03. The second-order valence-corrected chi connectivity index (χ2v) is 5.44. The van der Waals surface area contributed by atoms with Gasteiger partial charge in [-0.15, -0.1) is 11.3 Å². The van der Waals surface area contributed by atoms with Crippen molar-refractivity contribution in [3.63, 3.8) is 0 Å². The number of thiophene rings is 1. The van der Waals surface area contributed by atoms with Crippen molar-refractivity contribution in [3.8, 4) is 0 Å². The molecule has 0 spiro atoms. The number of hydrogen-bond donors (Lipinski definition) is 0. The Hall–Kier alpha value is -1.62. The summed E-state index contributed by atoms with van der Waals surface area (Å²) >= 11 is 1.49. The molecule has 0 bridgehead atoms. The second-order valence-electron chi connectivity index (χ2n) is 4.50. The van der Waals surface area contributed by atoms with E-state index in [1.807, 2.05) is 35.4 Å². The summed E-state index contributed by atoms with van der Waals surface area (Å²) in [6.07, 6.45) is 1.98. The zero-order valence-corrected chi connectivity index (χ0v) is 10.9. The Bertz CT molecular complexity index is 547. The molecule has 2 aromatic heterocycles. The number of carbonyl (C=O) groups excluding carboxylic acids is 1. The fourth-order valence-corrected chi connectivity index (χ4v) is 3.08. The highest BCUT2D eigenvalue weighted by Gasteiger charge is 2.32. The van der Waals surface area contributed by atoms with Crippen LogP contribution >= 0.6 is 11.3 Å². The van der Waals surface area contributed by atoms with Crippen LogP contribution in [0.2, 0.25) is 0 Å². The van der Waals surface area contributed by atoms with E-state index in [-0.39, 0.29) is 11.9 Å². The van der Waals surface area contributed by atoms with E-state index in [1.54, 1.807) is 0 Å². The molecule has 0 N–H and O–H groups in total. The molecule has 5 heteroatoms. The summed E-state index contributed by atoms with van der Waals surface area (Å²) in [5.74, 6) is 0.897. The highest BCUT2D eigenvalue weighted by atomic mass is 32.1. The number of rotatable bonds is 2. The lowest BCUT2D eigenvalue weighted by Crippen LogP contribution is -2.30. The van der Waals surface area contributed by atoms with Crippen molar-refractivity contribution in [3.05, 3.63) is 39.9 Å². The van der Waals surface area contributed by atoms with Crippen LogP contribution in [0.3, 0.4) is 0 Å². The van der Waals surface area contributed by atoms with Crippen molar-refractivity contribution >= 4 is 17.2 Å². The molecule has 1 fully saturated rings. The molecule has 3 heterocycles. The van der Waals surface area contributed by atoms with Gasteiger partial charge in [0.2, 0.25) is 0 Å². The molecule has 3 rings (SSSR count). The smallest absolute Gasteiger partial charge is 0.264 e. The van der Waals surface area contributed by atoms with E-state index in [2.05, 4.69) is 5.16 Å². The van der Waals surface area contributed by atoms with Gasteiger partial charge in [-0.3, -0.25) is 4.79 Å². The van der Waals surface area contributed by atoms with Gasteiger partial charge in [0.1, 0.15) is 11.5 Å². The lowest BCUT2D eigenvalue weighted by molar-refractivity contribution is 0.0736. The van der Waals surface area contributed by atoms with Crippen LogP contribution < -0.4 is 0 Å². The average molecular weight is 262 g/mol. The summed E-state index contributed by atoms with van der Waals surface area (Å²) in [6, 6.07) is 5.77. The van der Waals surface area contributed by atoms with Gasteiger partial charge < -0.3 is 9.42 Å². The number of amides is 1.